The van der Waals surface area contributed by atoms with Crippen molar-refractivity contribution in [2.45, 2.75) is 224 Å². The molecule has 2 unspecified atom stereocenters. The maximum atomic E-state index is 7.23. The standard InChI is InChI=1S/C37H72N4O2/c1-9-13-22-38-30-24-34(5,6)40(42-32(18-11-3)19-12-4)36(26-30)28-37(29-36)27-31(39-23-14-10-2)25-35(7,8)41(37)43-33-20-16-15-17-21-33/h30-33,38-39H,9-29H2,1-8H3. The van der Waals surface area contributed by atoms with E-state index in [4.69, 9.17) is 9.68 Å². The molecular weight excluding hydrogens is 532 g/mol. The van der Waals surface area contributed by atoms with Gasteiger partial charge in [0.15, 0.2) is 0 Å². The molecule has 252 valence electrons. The van der Waals surface area contributed by atoms with Crippen molar-refractivity contribution in [3.05, 3.63) is 0 Å². The van der Waals surface area contributed by atoms with Crippen LogP contribution >= 0.6 is 0 Å². The van der Waals surface area contributed by atoms with Gasteiger partial charge < -0.3 is 10.6 Å². The van der Waals surface area contributed by atoms with Crippen LogP contribution < -0.4 is 10.6 Å². The van der Waals surface area contributed by atoms with Gasteiger partial charge in [-0.1, -0.05) is 72.6 Å². The summed E-state index contributed by atoms with van der Waals surface area (Å²) >= 11 is 0. The normalized spacial score (nSPS) is 33.4. The summed E-state index contributed by atoms with van der Waals surface area (Å²) < 4.78 is 0. The number of hydrogen-bond donors (Lipinski definition) is 2. The third-order valence-electron chi connectivity index (χ3n) is 11.2. The van der Waals surface area contributed by atoms with Crippen LogP contribution in [-0.4, -0.2) is 69.7 Å². The Morgan fingerprint density at radius 2 is 1.14 bits per heavy atom. The fourth-order valence-electron chi connectivity index (χ4n) is 9.76. The number of hydrogen-bond acceptors (Lipinski definition) is 6. The van der Waals surface area contributed by atoms with Crippen LogP contribution in [0, 0.1) is 0 Å². The van der Waals surface area contributed by atoms with Crippen LogP contribution in [0.2, 0.25) is 0 Å². The highest BCUT2D eigenvalue weighted by Crippen LogP contribution is 2.61. The van der Waals surface area contributed by atoms with Crippen LogP contribution in [-0.2, 0) is 9.68 Å². The van der Waals surface area contributed by atoms with Crippen molar-refractivity contribution in [2.24, 2.45) is 0 Å². The van der Waals surface area contributed by atoms with Crippen molar-refractivity contribution in [3.63, 3.8) is 0 Å². The maximum absolute atomic E-state index is 7.23. The van der Waals surface area contributed by atoms with Crippen molar-refractivity contribution >= 4 is 0 Å². The Morgan fingerprint density at radius 3 is 1.63 bits per heavy atom. The van der Waals surface area contributed by atoms with E-state index in [1.807, 2.05) is 0 Å². The summed E-state index contributed by atoms with van der Waals surface area (Å²) in [6, 6.07) is 1.08. The van der Waals surface area contributed by atoms with Crippen molar-refractivity contribution in [2.75, 3.05) is 13.1 Å². The van der Waals surface area contributed by atoms with Crippen LogP contribution in [0.3, 0.4) is 0 Å². The molecule has 2 heterocycles. The molecular formula is C37H72N4O2. The first kappa shape index (κ1) is 35.6. The number of unbranched alkanes of at least 4 members (excludes halogenated alkanes) is 2. The molecule has 4 fully saturated rings. The van der Waals surface area contributed by atoms with Gasteiger partial charge in [-0.3, -0.25) is 9.68 Å². The van der Waals surface area contributed by atoms with E-state index >= 15 is 0 Å². The zero-order valence-corrected chi connectivity index (χ0v) is 29.9. The molecule has 0 aromatic rings. The zero-order valence-electron chi connectivity index (χ0n) is 29.9. The SMILES string of the molecule is CCCCNC1CC(C)(C)N(OC(CCC)CCC)C2(C1)CC1(CC(NCCCC)CC(C)(C)N1OC1CCCCC1)C2. The predicted octanol–water partition coefficient (Wildman–Crippen LogP) is 8.69. The van der Waals surface area contributed by atoms with E-state index in [1.165, 1.54) is 83.5 Å². The lowest BCUT2D eigenvalue weighted by atomic mass is 9.53. The molecule has 0 aromatic carbocycles. The number of nitrogens with zero attached hydrogens (tertiary/aromatic N) is 2. The van der Waals surface area contributed by atoms with Gasteiger partial charge in [0.25, 0.3) is 0 Å². The van der Waals surface area contributed by atoms with Gasteiger partial charge in [0.05, 0.1) is 23.3 Å². The van der Waals surface area contributed by atoms with Crippen LogP contribution in [0.1, 0.15) is 177 Å². The Morgan fingerprint density at radius 1 is 0.651 bits per heavy atom. The van der Waals surface area contributed by atoms with Crippen LogP contribution in [0.5, 0.6) is 0 Å². The monoisotopic (exact) mass is 605 g/mol. The minimum absolute atomic E-state index is 0.00277. The summed E-state index contributed by atoms with van der Waals surface area (Å²) in [6.45, 7) is 21.3. The van der Waals surface area contributed by atoms with Gasteiger partial charge in [-0.05, 0) is 118 Å². The van der Waals surface area contributed by atoms with Gasteiger partial charge in [0.1, 0.15) is 0 Å². The molecule has 2 atom stereocenters. The number of hydroxylamine groups is 4. The molecule has 0 bridgehead atoms. The van der Waals surface area contributed by atoms with Crippen LogP contribution in [0.25, 0.3) is 0 Å². The lowest BCUT2D eigenvalue weighted by molar-refractivity contribution is -0.395. The van der Waals surface area contributed by atoms with E-state index in [2.05, 4.69) is 76.1 Å². The molecule has 2 saturated heterocycles. The summed E-state index contributed by atoms with van der Waals surface area (Å²) in [5, 5.41) is 13.2. The largest absolute Gasteiger partial charge is 0.314 e. The first-order valence-corrected chi connectivity index (χ1v) is 18.9. The summed E-state index contributed by atoms with van der Waals surface area (Å²) in [5.74, 6) is 0. The highest BCUT2D eigenvalue weighted by molar-refractivity contribution is 5.22. The van der Waals surface area contributed by atoms with Crippen LogP contribution in [0.4, 0.5) is 0 Å². The van der Waals surface area contributed by atoms with E-state index in [0.717, 1.165) is 51.6 Å². The average molecular weight is 605 g/mol. The smallest absolute Gasteiger partial charge is 0.0793 e. The van der Waals surface area contributed by atoms with Crippen molar-refractivity contribution in [1.29, 1.82) is 0 Å². The van der Waals surface area contributed by atoms with E-state index in [0.29, 0.717) is 24.3 Å². The van der Waals surface area contributed by atoms with E-state index in [9.17, 15) is 0 Å². The maximum Gasteiger partial charge on any atom is 0.0793 e. The fourth-order valence-corrected chi connectivity index (χ4v) is 9.76. The Balaban J connectivity index is 1.65. The highest BCUT2D eigenvalue weighted by atomic mass is 16.7. The molecule has 4 rings (SSSR count). The lowest BCUT2D eigenvalue weighted by Gasteiger charge is -2.72. The molecule has 2 spiro atoms. The quantitative estimate of drug-likeness (QED) is 0.172. The Kier molecular flexibility index (Phi) is 12.9. The Labute approximate surface area is 267 Å². The molecule has 2 aliphatic heterocycles. The fraction of sp³-hybridized carbons (Fsp3) is 1.00. The van der Waals surface area contributed by atoms with Gasteiger partial charge in [-0.15, -0.1) is 0 Å². The predicted molar refractivity (Wildman–Crippen MR) is 181 cm³/mol. The molecule has 2 N–H and O–H groups in total. The number of piperidine rings is 2. The molecule has 6 nitrogen and oxygen atoms in total. The second-order valence-corrected chi connectivity index (χ2v) is 16.5. The van der Waals surface area contributed by atoms with Crippen molar-refractivity contribution in [3.8, 4) is 0 Å². The van der Waals surface area contributed by atoms with Gasteiger partial charge in [0, 0.05) is 23.2 Å². The van der Waals surface area contributed by atoms with Crippen LogP contribution in [0.15, 0.2) is 0 Å². The van der Waals surface area contributed by atoms with E-state index in [-0.39, 0.29) is 22.2 Å². The molecule has 2 saturated carbocycles. The van der Waals surface area contributed by atoms with Gasteiger partial charge in [0.2, 0.25) is 0 Å². The minimum atomic E-state index is -0.0124. The lowest BCUT2D eigenvalue weighted by Crippen LogP contribution is -2.81. The first-order chi connectivity index (χ1) is 20.5. The summed E-state index contributed by atoms with van der Waals surface area (Å²) in [6.07, 6.45) is 23.7. The van der Waals surface area contributed by atoms with E-state index in [1.54, 1.807) is 0 Å². The van der Waals surface area contributed by atoms with Gasteiger partial charge >= 0.3 is 0 Å². The van der Waals surface area contributed by atoms with Gasteiger partial charge in [-0.25, -0.2) is 0 Å². The van der Waals surface area contributed by atoms with Crippen molar-refractivity contribution < 1.29 is 9.68 Å². The zero-order chi connectivity index (χ0) is 31.1. The molecule has 4 aliphatic rings. The van der Waals surface area contributed by atoms with Crippen molar-refractivity contribution in [1.82, 2.24) is 20.8 Å². The van der Waals surface area contributed by atoms with E-state index < -0.39 is 0 Å². The third kappa shape index (κ3) is 8.57. The number of nitrogens with one attached hydrogen (secondary N) is 2. The molecule has 43 heavy (non-hydrogen) atoms. The summed E-state index contributed by atoms with van der Waals surface area (Å²) in [5.41, 5.74) is 0.0856. The number of rotatable bonds is 16. The molecule has 0 radical (unpaired) electrons. The highest BCUT2D eigenvalue weighted by Gasteiger charge is 2.69. The second-order valence-electron chi connectivity index (χ2n) is 16.5. The summed E-state index contributed by atoms with van der Waals surface area (Å²) in [7, 11) is 0. The molecule has 2 aliphatic carbocycles. The molecule has 6 heteroatoms. The van der Waals surface area contributed by atoms with Gasteiger partial charge in [-0.2, -0.15) is 10.1 Å². The Bertz CT molecular complexity index is 813. The summed E-state index contributed by atoms with van der Waals surface area (Å²) in [4.78, 5) is 14.4. The minimum Gasteiger partial charge on any atom is -0.314 e. The molecule has 0 amide bonds. The Hall–Kier alpha value is -0.240. The first-order valence-electron chi connectivity index (χ1n) is 18.9. The average Bonchev–Trinajstić information content (AvgIpc) is 2.92. The second kappa shape index (κ2) is 15.6. The topological polar surface area (TPSA) is 49.0 Å². The third-order valence-corrected chi connectivity index (χ3v) is 11.2. The molecule has 0 aromatic heterocycles.